The molecule has 0 fully saturated rings. The molecule has 0 radical (unpaired) electrons. The van der Waals surface area contributed by atoms with Gasteiger partial charge >= 0.3 is 0 Å². The van der Waals surface area contributed by atoms with E-state index in [1.807, 2.05) is 10.8 Å². The Balaban J connectivity index is 3.04. The van der Waals surface area contributed by atoms with Gasteiger partial charge in [-0.1, -0.05) is 6.92 Å². The minimum Gasteiger partial charge on any atom is -0.405 e. The van der Waals surface area contributed by atoms with Crippen molar-refractivity contribution in [1.29, 1.82) is 0 Å². The van der Waals surface area contributed by atoms with Crippen LogP contribution in [0.15, 0.2) is 12.4 Å². The van der Waals surface area contributed by atoms with E-state index in [1.54, 1.807) is 0 Å². The van der Waals surface area contributed by atoms with Crippen LogP contribution in [-0.4, -0.2) is 9.78 Å². The van der Waals surface area contributed by atoms with Gasteiger partial charge in [0.15, 0.2) is 0 Å². The third-order valence-corrected chi connectivity index (χ3v) is 2.00. The molecule has 3 nitrogen and oxygen atoms in total. The van der Waals surface area contributed by atoms with Crippen LogP contribution in [0, 0.1) is 0 Å². The predicted octanol–water partition coefficient (Wildman–Crippen LogP) is 1.96. The van der Waals surface area contributed by atoms with Crippen LogP contribution in [0.3, 0.4) is 0 Å². The molecule has 0 atom stereocenters. The Bertz CT molecular complexity index is 297. The van der Waals surface area contributed by atoms with Gasteiger partial charge in [-0.25, -0.2) is 0 Å². The van der Waals surface area contributed by atoms with Crippen molar-refractivity contribution in [2.75, 3.05) is 0 Å². The van der Waals surface area contributed by atoms with Crippen LogP contribution in [0.2, 0.25) is 0 Å². The highest BCUT2D eigenvalue weighted by Crippen LogP contribution is 2.12. The number of nitrogens with two attached hydrogens (primary N) is 1. The first-order valence-corrected chi connectivity index (χ1v) is 4.65. The Morgan fingerprint density at radius 2 is 2.31 bits per heavy atom. The van der Waals surface area contributed by atoms with Crippen LogP contribution in [-0.2, 0) is 6.42 Å². The maximum atomic E-state index is 5.34. The molecule has 3 heteroatoms. The van der Waals surface area contributed by atoms with Gasteiger partial charge < -0.3 is 5.73 Å². The van der Waals surface area contributed by atoms with Crippen molar-refractivity contribution in [3.05, 3.63) is 23.7 Å². The molecule has 0 saturated heterocycles. The van der Waals surface area contributed by atoms with Gasteiger partial charge in [-0.15, -0.1) is 0 Å². The summed E-state index contributed by atoms with van der Waals surface area (Å²) in [6.45, 7) is 6.35. The lowest BCUT2D eigenvalue weighted by atomic mass is 10.2. The van der Waals surface area contributed by atoms with Crippen LogP contribution < -0.4 is 5.73 Å². The zero-order valence-electron chi connectivity index (χ0n) is 8.49. The van der Waals surface area contributed by atoms with E-state index in [0.29, 0.717) is 6.04 Å². The number of aryl methyl sites for hydroxylation is 1. The fourth-order valence-electron chi connectivity index (χ4n) is 1.21. The molecule has 0 spiro atoms. The normalized spacial score (nSPS) is 11.7. The fraction of sp³-hybridized carbons (Fsp3) is 0.500. The third kappa shape index (κ3) is 2.11. The van der Waals surface area contributed by atoms with Gasteiger partial charge in [0.2, 0.25) is 0 Å². The fourth-order valence-corrected chi connectivity index (χ4v) is 1.21. The maximum Gasteiger partial charge on any atom is 0.0897 e. The molecular weight excluding hydrogens is 162 g/mol. The summed E-state index contributed by atoms with van der Waals surface area (Å²) in [5, 5.41) is 4.42. The van der Waals surface area contributed by atoms with Crippen LogP contribution >= 0.6 is 0 Å². The monoisotopic (exact) mass is 179 g/mol. The molecular formula is C10H17N3. The zero-order chi connectivity index (χ0) is 9.84. The molecule has 0 aliphatic carbocycles. The van der Waals surface area contributed by atoms with E-state index in [1.165, 1.54) is 11.8 Å². The Labute approximate surface area is 79.2 Å². The Kier molecular flexibility index (Phi) is 3.12. The van der Waals surface area contributed by atoms with Crippen molar-refractivity contribution in [3.63, 3.8) is 0 Å². The first-order chi connectivity index (χ1) is 6.19. The van der Waals surface area contributed by atoms with E-state index in [0.717, 1.165) is 12.1 Å². The Morgan fingerprint density at radius 3 is 2.77 bits per heavy atom. The average Bonchev–Trinajstić information content (AvgIpc) is 2.48. The van der Waals surface area contributed by atoms with Crippen molar-refractivity contribution < 1.29 is 0 Å². The summed E-state index contributed by atoms with van der Waals surface area (Å²) < 4.78 is 1.97. The Hall–Kier alpha value is -1.25. The summed E-state index contributed by atoms with van der Waals surface area (Å²) in [5.74, 6) is 0. The predicted molar refractivity (Wildman–Crippen MR) is 55.2 cm³/mol. The summed E-state index contributed by atoms with van der Waals surface area (Å²) in [6.07, 6.45) is 6.45. The largest absolute Gasteiger partial charge is 0.405 e. The van der Waals surface area contributed by atoms with Crippen molar-refractivity contribution in [2.45, 2.75) is 33.2 Å². The van der Waals surface area contributed by atoms with Crippen molar-refractivity contribution >= 4 is 6.08 Å². The van der Waals surface area contributed by atoms with Crippen LogP contribution in [0.25, 0.3) is 6.08 Å². The smallest absolute Gasteiger partial charge is 0.0897 e. The SMILES string of the molecule is CCc1cn(C(C)C)nc1/C=C\N. The highest BCUT2D eigenvalue weighted by molar-refractivity contribution is 5.48. The summed E-state index contributed by atoms with van der Waals surface area (Å²) in [5.41, 5.74) is 7.57. The quantitative estimate of drug-likeness (QED) is 0.770. The molecule has 0 aromatic carbocycles. The van der Waals surface area contributed by atoms with E-state index in [-0.39, 0.29) is 0 Å². The van der Waals surface area contributed by atoms with Gasteiger partial charge in [-0.3, -0.25) is 4.68 Å². The van der Waals surface area contributed by atoms with Crippen molar-refractivity contribution in [2.24, 2.45) is 5.73 Å². The number of hydrogen-bond donors (Lipinski definition) is 1. The highest BCUT2D eigenvalue weighted by atomic mass is 15.3. The summed E-state index contributed by atoms with van der Waals surface area (Å²) in [6, 6.07) is 0.408. The van der Waals surface area contributed by atoms with E-state index in [9.17, 15) is 0 Å². The van der Waals surface area contributed by atoms with Crippen LogP contribution in [0.1, 0.15) is 38.1 Å². The maximum absolute atomic E-state index is 5.34. The Morgan fingerprint density at radius 1 is 1.62 bits per heavy atom. The first-order valence-electron chi connectivity index (χ1n) is 4.65. The number of aromatic nitrogens is 2. The molecule has 0 bridgehead atoms. The van der Waals surface area contributed by atoms with Crippen molar-refractivity contribution in [3.8, 4) is 0 Å². The molecule has 0 aliphatic rings. The lowest BCUT2D eigenvalue weighted by Gasteiger charge is -2.02. The minimum atomic E-state index is 0.408. The molecule has 0 unspecified atom stereocenters. The first kappa shape index (κ1) is 9.84. The summed E-state index contributed by atoms with van der Waals surface area (Å²) in [7, 11) is 0. The zero-order valence-corrected chi connectivity index (χ0v) is 8.49. The second-order valence-corrected chi connectivity index (χ2v) is 3.33. The second-order valence-electron chi connectivity index (χ2n) is 3.33. The molecule has 1 aromatic rings. The van der Waals surface area contributed by atoms with Gasteiger partial charge in [-0.05, 0) is 38.1 Å². The highest BCUT2D eigenvalue weighted by Gasteiger charge is 2.05. The standard InChI is InChI=1S/C10H17N3/c1-4-9-7-13(8(2)3)12-10(9)5-6-11/h5-8H,4,11H2,1-3H3/b6-5-. The molecule has 0 amide bonds. The third-order valence-electron chi connectivity index (χ3n) is 2.00. The van der Waals surface area contributed by atoms with Crippen LogP contribution in [0.4, 0.5) is 0 Å². The number of hydrogen-bond acceptors (Lipinski definition) is 2. The molecule has 1 heterocycles. The van der Waals surface area contributed by atoms with E-state index < -0.39 is 0 Å². The summed E-state index contributed by atoms with van der Waals surface area (Å²) >= 11 is 0. The van der Waals surface area contributed by atoms with Gasteiger partial charge in [0, 0.05) is 12.2 Å². The molecule has 13 heavy (non-hydrogen) atoms. The minimum absolute atomic E-state index is 0.408. The molecule has 2 N–H and O–H groups in total. The van der Waals surface area contributed by atoms with Gasteiger partial charge in [0.05, 0.1) is 5.69 Å². The lowest BCUT2D eigenvalue weighted by molar-refractivity contribution is 0.531. The molecule has 1 rings (SSSR count). The van der Waals surface area contributed by atoms with Gasteiger partial charge in [0.1, 0.15) is 0 Å². The number of rotatable bonds is 3. The van der Waals surface area contributed by atoms with E-state index in [2.05, 4.69) is 32.1 Å². The topological polar surface area (TPSA) is 43.8 Å². The molecule has 0 saturated carbocycles. The van der Waals surface area contributed by atoms with E-state index >= 15 is 0 Å². The molecule has 72 valence electrons. The molecule has 0 aliphatic heterocycles. The van der Waals surface area contributed by atoms with E-state index in [4.69, 9.17) is 5.73 Å². The number of nitrogens with zero attached hydrogens (tertiary/aromatic N) is 2. The lowest BCUT2D eigenvalue weighted by Crippen LogP contribution is -2.00. The summed E-state index contributed by atoms with van der Waals surface area (Å²) in [4.78, 5) is 0. The van der Waals surface area contributed by atoms with Crippen molar-refractivity contribution in [1.82, 2.24) is 9.78 Å². The molecule has 1 aromatic heterocycles. The average molecular weight is 179 g/mol. The van der Waals surface area contributed by atoms with Gasteiger partial charge in [0.25, 0.3) is 0 Å². The van der Waals surface area contributed by atoms with Gasteiger partial charge in [-0.2, -0.15) is 5.10 Å². The second kappa shape index (κ2) is 4.12. The van der Waals surface area contributed by atoms with Crippen LogP contribution in [0.5, 0.6) is 0 Å².